The maximum Gasteiger partial charge on any atom is 0.243 e. The molecule has 3 aromatic rings. The van der Waals surface area contributed by atoms with E-state index >= 15 is 0 Å². The summed E-state index contributed by atoms with van der Waals surface area (Å²) in [6, 6.07) is 15.9. The molecule has 0 amide bonds. The van der Waals surface area contributed by atoms with E-state index in [1.807, 2.05) is 42.5 Å². The van der Waals surface area contributed by atoms with Crippen molar-refractivity contribution in [2.45, 2.75) is 12.5 Å². The summed E-state index contributed by atoms with van der Waals surface area (Å²) >= 11 is 0. The molecule has 1 aliphatic heterocycles. The molecule has 0 aliphatic carbocycles. The number of para-hydroxylation sites is 2. The van der Waals surface area contributed by atoms with Crippen molar-refractivity contribution in [1.29, 1.82) is 0 Å². The SMILES string of the molecule is c1ccc2c(c1)OCCC2Nc1nnc2ccccc2n1. The van der Waals surface area contributed by atoms with E-state index in [4.69, 9.17) is 4.74 Å². The summed E-state index contributed by atoms with van der Waals surface area (Å²) in [7, 11) is 0. The van der Waals surface area contributed by atoms with Crippen LogP contribution in [-0.2, 0) is 0 Å². The number of nitrogens with one attached hydrogen (secondary N) is 1. The quantitative estimate of drug-likeness (QED) is 0.781. The highest BCUT2D eigenvalue weighted by Crippen LogP contribution is 2.33. The molecule has 0 radical (unpaired) electrons. The lowest BCUT2D eigenvalue weighted by molar-refractivity contribution is 0.274. The second kappa shape index (κ2) is 5.01. The fourth-order valence-electron chi connectivity index (χ4n) is 2.59. The number of benzene rings is 2. The first-order valence-electron chi connectivity index (χ1n) is 6.98. The molecule has 21 heavy (non-hydrogen) atoms. The Bertz CT molecular complexity index is 790. The van der Waals surface area contributed by atoms with Crippen LogP contribution in [0.5, 0.6) is 5.75 Å². The first-order valence-corrected chi connectivity index (χ1v) is 6.98. The minimum Gasteiger partial charge on any atom is -0.493 e. The van der Waals surface area contributed by atoms with Gasteiger partial charge < -0.3 is 10.1 Å². The first kappa shape index (κ1) is 12.1. The van der Waals surface area contributed by atoms with Crippen LogP contribution >= 0.6 is 0 Å². The molecule has 0 saturated carbocycles. The van der Waals surface area contributed by atoms with Gasteiger partial charge in [0.2, 0.25) is 5.95 Å². The predicted molar refractivity (Wildman–Crippen MR) is 80.3 cm³/mol. The number of fused-ring (bicyclic) bond motifs is 2. The van der Waals surface area contributed by atoms with Crippen molar-refractivity contribution in [3.8, 4) is 5.75 Å². The minimum atomic E-state index is 0.151. The topological polar surface area (TPSA) is 59.9 Å². The second-order valence-electron chi connectivity index (χ2n) is 5.00. The second-order valence-corrected chi connectivity index (χ2v) is 5.00. The molecule has 5 nitrogen and oxygen atoms in total. The number of nitrogens with zero attached hydrogens (tertiary/aromatic N) is 3. The first-order chi connectivity index (χ1) is 10.4. The van der Waals surface area contributed by atoms with E-state index in [1.54, 1.807) is 0 Å². The van der Waals surface area contributed by atoms with Gasteiger partial charge in [0.1, 0.15) is 11.3 Å². The smallest absolute Gasteiger partial charge is 0.243 e. The largest absolute Gasteiger partial charge is 0.493 e. The Morgan fingerprint density at radius 3 is 2.71 bits per heavy atom. The molecule has 0 spiro atoms. The van der Waals surface area contributed by atoms with E-state index in [2.05, 4.69) is 26.6 Å². The van der Waals surface area contributed by atoms with Crippen LogP contribution in [0.1, 0.15) is 18.0 Å². The molecule has 4 rings (SSSR count). The van der Waals surface area contributed by atoms with Crippen LogP contribution < -0.4 is 10.1 Å². The average Bonchev–Trinajstić information content (AvgIpc) is 2.55. The molecular formula is C16H14N4O. The van der Waals surface area contributed by atoms with E-state index in [9.17, 15) is 0 Å². The Morgan fingerprint density at radius 2 is 1.76 bits per heavy atom. The molecule has 104 valence electrons. The summed E-state index contributed by atoms with van der Waals surface area (Å²) in [4.78, 5) is 4.52. The maximum absolute atomic E-state index is 5.67. The molecule has 5 heteroatoms. The Kier molecular flexibility index (Phi) is 2.88. The monoisotopic (exact) mass is 278 g/mol. The predicted octanol–water partition coefficient (Wildman–Crippen LogP) is 2.96. The standard InChI is InChI=1S/C16H14N4O/c1-4-8-15-11(5-1)12(9-10-21-15)17-16-18-13-6-2-3-7-14(13)19-20-16/h1-8,12H,9-10H2,(H,17,18,20). The van der Waals surface area contributed by atoms with Gasteiger partial charge in [0.05, 0.1) is 18.2 Å². The van der Waals surface area contributed by atoms with E-state index in [0.717, 1.165) is 28.8 Å². The van der Waals surface area contributed by atoms with Gasteiger partial charge in [-0.3, -0.25) is 0 Å². The highest BCUT2D eigenvalue weighted by atomic mass is 16.5. The van der Waals surface area contributed by atoms with Crippen LogP contribution in [0.25, 0.3) is 11.0 Å². The summed E-state index contributed by atoms with van der Waals surface area (Å²) < 4.78 is 5.67. The van der Waals surface area contributed by atoms with Gasteiger partial charge in [-0.2, -0.15) is 0 Å². The highest BCUT2D eigenvalue weighted by Gasteiger charge is 2.21. The van der Waals surface area contributed by atoms with Gasteiger partial charge in [-0.05, 0) is 18.2 Å². The number of hydrogen-bond donors (Lipinski definition) is 1. The van der Waals surface area contributed by atoms with Crippen molar-refractivity contribution in [3.05, 3.63) is 54.1 Å². The Morgan fingerprint density at radius 1 is 0.952 bits per heavy atom. The van der Waals surface area contributed by atoms with Gasteiger partial charge >= 0.3 is 0 Å². The lowest BCUT2D eigenvalue weighted by Gasteiger charge is -2.26. The van der Waals surface area contributed by atoms with Gasteiger partial charge in [-0.1, -0.05) is 30.3 Å². The van der Waals surface area contributed by atoms with Crippen molar-refractivity contribution in [3.63, 3.8) is 0 Å². The Labute approximate surface area is 122 Å². The van der Waals surface area contributed by atoms with Gasteiger partial charge in [0, 0.05) is 12.0 Å². The van der Waals surface area contributed by atoms with E-state index < -0.39 is 0 Å². The fourth-order valence-corrected chi connectivity index (χ4v) is 2.59. The zero-order valence-corrected chi connectivity index (χ0v) is 11.4. The van der Waals surface area contributed by atoms with Gasteiger partial charge in [-0.15, -0.1) is 10.2 Å². The number of anilines is 1. The van der Waals surface area contributed by atoms with Crippen molar-refractivity contribution in [2.75, 3.05) is 11.9 Å². The molecule has 0 saturated heterocycles. The van der Waals surface area contributed by atoms with Gasteiger partial charge in [-0.25, -0.2) is 4.98 Å². The minimum absolute atomic E-state index is 0.151. The van der Waals surface area contributed by atoms with E-state index in [-0.39, 0.29) is 6.04 Å². The molecule has 2 heterocycles. The van der Waals surface area contributed by atoms with Crippen LogP contribution in [0.3, 0.4) is 0 Å². The number of ether oxygens (including phenoxy) is 1. The lowest BCUT2D eigenvalue weighted by atomic mass is 10.0. The molecule has 1 unspecified atom stereocenters. The third-order valence-corrected chi connectivity index (χ3v) is 3.62. The van der Waals surface area contributed by atoms with E-state index in [1.165, 1.54) is 0 Å². The molecule has 0 bridgehead atoms. The molecule has 0 fully saturated rings. The van der Waals surface area contributed by atoms with Gasteiger partial charge in [0.15, 0.2) is 0 Å². The van der Waals surface area contributed by atoms with Crippen LogP contribution in [0, 0.1) is 0 Å². The summed E-state index contributed by atoms with van der Waals surface area (Å²) in [5.74, 6) is 1.48. The third-order valence-electron chi connectivity index (χ3n) is 3.62. The maximum atomic E-state index is 5.67. The average molecular weight is 278 g/mol. The summed E-state index contributed by atoms with van der Waals surface area (Å²) in [6.07, 6.45) is 0.882. The number of rotatable bonds is 2. The molecule has 1 aromatic heterocycles. The molecule has 1 N–H and O–H groups in total. The van der Waals surface area contributed by atoms with Crippen molar-refractivity contribution in [2.24, 2.45) is 0 Å². The van der Waals surface area contributed by atoms with Gasteiger partial charge in [0.25, 0.3) is 0 Å². The Hall–Kier alpha value is -2.69. The van der Waals surface area contributed by atoms with Crippen molar-refractivity contribution >= 4 is 17.0 Å². The van der Waals surface area contributed by atoms with Crippen LogP contribution in [0.15, 0.2) is 48.5 Å². The molecule has 1 aliphatic rings. The highest BCUT2D eigenvalue weighted by molar-refractivity contribution is 5.74. The summed E-state index contributed by atoms with van der Waals surface area (Å²) in [5, 5.41) is 11.7. The van der Waals surface area contributed by atoms with Crippen molar-refractivity contribution in [1.82, 2.24) is 15.2 Å². The number of hydrogen-bond acceptors (Lipinski definition) is 5. The van der Waals surface area contributed by atoms with Crippen LogP contribution in [0.2, 0.25) is 0 Å². The number of aromatic nitrogens is 3. The zero-order chi connectivity index (χ0) is 14.1. The molecule has 2 aromatic carbocycles. The van der Waals surface area contributed by atoms with Crippen LogP contribution in [-0.4, -0.2) is 21.8 Å². The lowest BCUT2D eigenvalue weighted by Crippen LogP contribution is -2.21. The zero-order valence-electron chi connectivity index (χ0n) is 11.4. The van der Waals surface area contributed by atoms with Crippen LogP contribution in [0.4, 0.5) is 5.95 Å². The summed E-state index contributed by atoms with van der Waals surface area (Å²) in [5.41, 5.74) is 2.78. The fraction of sp³-hybridized carbons (Fsp3) is 0.188. The Balaban J connectivity index is 1.66. The third kappa shape index (κ3) is 2.27. The molecule has 1 atom stereocenters. The summed E-state index contributed by atoms with van der Waals surface area (Å²) in [6.45, 7) is 0.690. The molecular weight excluding hydrogens is 264 g/mol. The van der Waals surface area contributed by atoms with E-state index in [0.29, 0.717) is 12.6 Å². The normalized spacial score (nSPS) is 17.0. The van der Waals surface area contributed by atoms with Crippen molar-refractivity contribution < 1.29 is 4.74 Å².